The molecule has 1 saturated heterocycles. The average molecular weight is 382 g/mol. The molecule has 1 fully saturated rings. The number of likely N-dealkylation sites (tertiary alicyclic amines) is 1. The second-order valence-corrected chi connectivity index (χ2v) is 7.25. The number of benzene rings is 1. The van der Waals surface area contributed by atoms with E-state index in [9.17, 15) is 9.59 Å². The molecule has 0 saturated carbocycles. The number of hydrogen-bond acceptors (Lipinski definition) is 3. The summed E-state index contributed by atoms with van der Waals surface area (Å²) in [6.07, 6.45) is 3.54. The van der Waals surface area contributed by atoms with Crippen molar-refractivity contribution < 1.29 is 9.59 Å². The van der Waals surface area contributed by atoms with Crippen LogP contribution in [0.15, 0.2) is 30.3 Å². The normalized spacial score (nSPS) is 17.2. The number of amides is 2. The van der Waals surface area contributed by atoms with E-state index in [-0.39, 0.29) is 30.1 Å². The monoisotopic (exact) mass is 381 g/mol. The van der Waals surface area contributed by atoms with Crippen molar-refractivity contribution in [2.24, 2.45) is 11.7 Å². The summed E-state index contributed by atoms with van der Waals surface area (Å²) in [4.78, 5) is 29.0. The molecular weight excluding hydrogens is 350 g/mol. The van der Waals surface area contributed by atoms with E-state index < -0.39 is 5.54 Å². The molecule has 0 spiro atoms. The van der Waals surface area contributed by atoms with Gasteiger partial charge in [-0.05, 0) is 31.7 Å². The van der Waals surface area contributed by atoms with Crippen LogP contribution in [0, 0.1) is 5.92 Å². The Kier molecular flexibility index (Phi) is 8.57. The predicted molar refractivity (Wildman–Crippen MR) is 107 cm³/mol. The summed E-state index contributed by atoms with van der Waals surface area (Å²) in [5, 5.41) is 0. The van der Waals surface area contributed by atoms with E-state index in [2.05, 4.69) is 6.92 Å². The van der Waals surface area contributed by atoms with Crippen LogP contribution in [-0.2, 0) is 15.1 Å². The van der Waals surface area contributed by atoms with Gasteiger partial charge in [0.1, 0.15) is 5.54 Å². The molecule has 0 aromatic heterocycles. The standard InChI is InChI=1S/C20H31N3O2.ClH/c1-4-5-13-22(3)18(24)16-11-14-23(15-12-16)19(25)20(2,21)17-9-7-6-8-10-17;/h6-10,16H,4-5,11-15,21H2,1-3H3;1H. The largest absolute Gasteiger partial charge is 0.346 e. The zero-order valence-electron chi connectivity index (χ0n) is 16.1. The molecule has 0 aliphatic carbocycles. The van der Waals surface area contributed by atoms with Crippen LogP contribution >= 0.6 is 12.4 Å². The van der Waals surface area contributed by atoms with Crippen LogP contribution in [0.25, 0.3) is 0 Å². The molecule has 0 bridgehead atoms. The van der Waals surface area contributed by atoms with E-state index in [1.807, 2.05) is 47.2 Å². The minimum Gasteiger partial charge on any atom is -0.346 e. The minimum absolute atomic E-state index is 0. The third-order valence-corrected chi connectivity index (χ3v) is 5.17. The smallest absolute Gasteiger partial charge is 0.246 e. The molecule has 1 heterocycles. The SMILES string of the molecule is CCCCN(C)C(=O)C1CCN(C(=O)C(C)(N)c2ccccc2)CC1.Cl. The summed E-state index contributed by atoms with van der Waals surface area (Å²) >= 11 is 0. The van der Waals surface area contributed by atoms with Crippen LogP contribution in [0.1, 0.15) is 45.1 Å². The fourth-order valence-corrected chi connectivity index (χ4v) is 3.38. The highest BCUT2D eigenvalue weighted by Gasteiger charge is 2.37. The summed E-state index contributed by atoms with van der Waals surface area (Å²) in [5.41, 5.74) is 6.13. The first-order valence-electron chi connectivity index (χ1n) is 9.26. The highest BCUT2D eigenvalue weighted by Crippen LogP contribution is 2.25. The molecule has 146 valence electrons. The third-order valence-electron chi connectivity index (χ3n) is 5.17. The lowest BCUT2D eigenvalue weighted by Gasteiger charge is -2.37. The maximum Gasteiger partial charge on any atom is 0.246 e. The lowest BCUT2D eigenvalue weighted by atomic mass is 9.89. The van der Waals surface area contributed by atoms with Crippen molar-refractivity contribution in [2.45, 2.75) is 45.1 Å². The number of carbonyl (C=O) groups is 2. The molecule has 5 nitrogen and oxygen atoms in total. The van der Waals surface area contributed by atoms with E-state index >= 15 is 0 Å². The van der Waals surface area contributed by atoms with E-state index in [1.54, 1.807) is 6.92 Å². The number of halogens is 1. The fraction of sp³-hybridized carbons (Fsp3) is 0.600. The van der Waals surface area contributed by atoms with Crippen molar-refractivity contribution in [3.8, 4) is 0 Å². The maximum absolute atomic E-state index is 12.9. The number of unbranched alkanes of at least 4 members (excludes halogenated alkanes) is 1. The molecule has 1 aromatic carbocycles. The number of hydrogen-bond donors (Lipinski definition) is 1. The van der Waals surface area contributed by atoms with Crippen LogP contribution in [-0.4, -0.2) is 48.3 Å². The summed E-state index contributed by atoms with van der Waals surface area (Å²) < 4.78 is 0. The van der Waals surface area contributed by atoms with Crippen LogP contribution in [0.5, 0.6) is 0 Å². The third kappa shape index (κ3) is 5.21. The number of piperidine rings is 1. The molecule has 1 aromatic rings. The van der Waals surface area contributed by atoms with Crippen molar-refractivity contribution in [2.75, 3.05) is 26.7 Å². The van der Waals surface area contributed by atoms with Gasteiger partial charge in [-0.3, -0.25) is 9.59 Å². The minimum atomic E-state index is -1.03. The Morgan fingerprint density at radius 1 is 1.23 bits per heavy atom. The molecular formula is C20H32ClN3O2. The first kappa shape index (κ1) is 22.5. The molecule has 2 rings (SSSR count). The van der Waals surface area contributed by atoms with Crippen LogP contribution in [0.4, 0.5) is 0 Å². The van der Waals surface area contributed by atoms with Gasteiger partial charge in [-0.2, -0.15) is 0 Å². The molecule has 0 radical (unpaired) electrons. The predicted octanol–water partition coefficient (Wildman–Crippen LogP) is 2.78. The second kappa shape index (κ2) is 9.93. The number of carbonyl (C=O) groups excluding carboxylic acids is 2. The number of nitrogens with zero attached hydrogens (tertiary/aromatic N) is 2. The Hall–Kier alpha value is -1.59. The van der Waals surface area contributed by atoms with Gasteiger partial charge in [0.2, 0.25) is 11.8 Å². The Morgan fingerprint density at radius 2 is 1.81 bits per heavy atom. The molecule has 26 heavy (non-hydrogen) atoms. The van der Waals surface area contributed by atoms with Crippen LogP contribution in [0.3, 0.4) is 0 Å². The zero-order valence-corrected chi connectivity index (χ0v) is 16.9. The summed E-state index contributed by atoms with van der Waals surface area (Å²) in [6, 6.07) is 9.47. The van der Waals surface area contributed by atoms with Crippen molar-refractivity contribution >= 4 is 24.2 Å². The second-order valence-electron chi connectivity index (χ2n) is 7.25. The zero-order chi connectivity index (χ0) is 18.4. The summed E-state index contributed by atoms with van der Waals surface area (Å²) in [5.74, 6) is 0.162. The van der Waals surface area contributed by atoms with Gasteiger partial charge in [0, 0.05) is 32.6 Å². The van der Waals surface area contributed by atoms with E-state index in [4.69, 9.17) is 5.73 Å². The lowest BCUT2D eigenvalue weighted by molar-refractivity contribution is -0.142. The van der Waals surface area contributed by atoms with Gasteiger partial charge < -0.3 is 15.5 Å². The van der Waals surface area contributed by atoms with Gasteiger partial charge in [0.05, 0.1) is 0 Å². The Bertz CT molecular complexity index is 584. The van der Waals surface area contributed by atoms with E-state index in [1.165, 1.54) is 0 Å². The fourth-order valence-electron chi connectivity index (χ4n) is 3.38. The summed E-state index contributed by atoms with van der Waals surface area (Å²) in [7, 11) is 1.88. The molecule has 2 amide bonds. The van der Waals surface area contributed by atoms with Crippen molar-refractivity contribution in [3.05, 3.63) is 35.9 Å². The van der Waals surface area contributed by atoms with Gasteiger partial charge >= 0.3 is 0 Å². The van der Waals surface area contributed by atoms with Gasteiger partial charge in [-0.25, -0.2) is 0 Å². The Balaban J connectivity index is 0.00000338. The first-order chi connectivity index (χ1) is 11.9. The lowest BCUT2D eigenvalue weighted by Crippen LogP contribution is -2.53. The number of rotatable bonds is 6. The van der Waals surface area contributed by atoms with Crippen molar-refractivity contribution in [1.82, 2.24) is 9.80 Å². The average Bonchev–Trinajstić information content (AvgIpc) is 2.65. The van der Waals surface area contributed by atoms with Crippen molar-refractivity contribution in [3.63, 3.8) is 0 Å². The molecule has 1 atom stereocenters. The van der Waals surface area contributed by atoms with Gasteiger partial charge in [0.15, 0.2) is 0 Å². The highest BCUT2D eigenvalue weighted by molar-refractivity contribution is 5.87. The molecule has 1 aliphatic rings. The van der Waals surface area contributed by atoms with Gasteiger partial charge in [-0.15, -0.1) is 12.4 Å². The number of nitrogens with two attached hydrogens (primary N) is 1. The highest BCUT2D eigenvalue weighted by atomic mass is 35.5. The molecule has 6 heteroatoms. The van der Waals surface area contributed by atoms with Gasteiger partial charge in [0.25, 0.3) is 0 Å². The van der Waals surface area contributed by atoms with E-state index in [0.29, 0.717) is 25.9 Å². The molecule has 1 unspecified atom stereocenters. The van der Waals surface area contributed by atoms with Crippen molar-refractivity contribution in [1.29, 1.82) is 0 Å². The first-order valence-corrected chi connectivity index (χ1v) is 9.26. The Labute approximate surface area is 163 Å². The molecule has 2 N–H and O–H groups in total. The topological polar surface area (TPSA) is 66.6 Å². The quantitative estimate of drug-likeness (QED) is 0.823. The Morgan fingerprint density at radius 3 is 2.35 bits per heavy atom. The summed E-state index contributed by atoms with van der Waals surface area (Å²) in [6.45, 7) is 5.88. The van der Waals surface area contributed by atoms with Crippen LogP contribution in [0.2, 0.25) is 0 Å². The van der Waals surface area contributed by atoms with Gasteiger partial charge in [-0.1, -0.05) is 43.7 Å². The van der Waals surface area contributed by atoms with Crippen LogP contribution < -0.4 is 5.73 Å². The molecule has 1 aliphatic heterocycles. The maximum atomic E-state index is 12.9. The van der Waals surface area contributed by atoms with E-state index in [0.717, 1.165) is 24.9 Å².